The van der Waals surface area contributed by atoms with E-state index < -0.39 is 59.6 Å². The number of H-pyrrole nitrogens is 1. The number of nitrogens with two attached hydrogens (primary N) is 2. The lowest BCUT2D eigenvalue weighted by atomic mass is 9.91. The third-order valence-corrected chi connectivity index (χ3v) is 8.37. The van der Waals surface area contributed by atoms with E-state index in [1.54, 1.807) is 0 Å². The molecule has 35 heavy (non-hydrogen) atoms. The van der Waals surface area contributed by atoms with Crippen LogP contribution >= 0.6 is 23.5 Å². The second-order valence-corrected chi connectivity index (χ2v) is 11.5. The van der Waals surface area contributed by atoms with Gasteiger partial charge in [-0.2, -0.15) is 13.6 Å². The molecule has 1 aliphatic heterocycles. The van der Waals surface area contributed by atoms with E-state index in [4.69, 9.17) is 26.0 Å². The Hall–Kier alpha value is -1.93. The van der Waals surface area contributed by atoms with Crippen molar-refractivity contribution in [1.29, 1.82) is 0 Å². The lowest BCUT2D eigenvalue weighted by Gasteiger charge is -2.28. The van der Waals surface area contributed by atoms with Crippen LogP contribution in [0.1, 0.15) is 13.2 Å². The third kappa shape index (κ3) is 6.08. The summed E-state index contributed by atoms with van der Waals surface area (Å²) in [6, 6.07) is 1.37. The van der Waals surface area contributed by atoms with Crippen LogP contribution in [0.4, 0.5) is 5.95 Å². The summed E-state index contributed by atoms with van der Waals surface area (Å²) in [5, 5.41) is 10.9. The van der Waals surface area contributed by atoms with E-state index in [-0.39, 0.29) is 17.0 Å². The predicted octanol–water partition coefficient (Wildman–Crippen LogP) is -1.37. The smallest absolute Gasteiger partial charge is 0.387 e. The molecule has 3 unspecified atom stereocenters. The fourth-order valence-electron chi connectivity index (χ4n) is 3.30. The third-order valence-electron chi connectivity index (χ3n) is 4.57. The molecule has 1 saturated heterocycles. The van der Waals surface area contributed by atoms with Crippen LogP contribution in [0.15, 0.2) is 17.1 Å². The fraction of sp³-hybridized carbons (Fsp3) is 0.429. The van der Waals surface area contributed by atoms with E-state index in [0.29, 0.717) is 0 Å². The van der Waals surface area contributed by atoms with Crippen molar-refractivity contribution in [3.05, 3.63) is 22.6 Å². The molecular weight excluding hydrogens is 539 g/mol. The maximum absolute atomic E-state index is 12.1. The number of hydrogen-bond donors (Lipinski definition) is 8. The molecule has 0 aliphatic carbocycles. The summed E-state index contributed by atoms with van der Waals surface area (Å²) in [4.78, 5) is 54.5. The number of phosphoric ester groups is 1. The number of aromatic nitrogens is 3. The van der Waals surface area contributed by atoms with Crippen LogP contribution in [0.2, 0.25) is 0 Å². The average molecular weight is 559 g/mol. The van der Waals surface area contributed by atoms with Crippen LogP contribution in [0.3, 0.4) is 0 Å². The summed E-state index contributed by atoms with van der Waals surface area (Å²) in [5.41, 5.74) is 9.45. The lowest BCUT2D eigenvalue weighted by Crippen LogP contribution is -2.53. The van der Waals surface area contributed by atoms with Crippen molar-refractivity contribution in [3.8, 4) is 11.8 Å². The zero-order valence-electron chi connectivity index (χ0n) is 17.5. The van der Waals surface area contributed by atoms with Gasteiger partial charge in [0, 0.05) is 6.20 Å². The molecule has 21 heteroatoms. The minimum atomic E-state index is -5.75. The molecule has 2 aromatic heterocycles. The molecule has 2 aromatic rings. The number of fused-ring (bicyclic) bond motifs is 1. The quantitative estimate of drug-likeness (QED) is 0.137. The molecule has 3 rings (SSSR count). The fourth-order valence-corrected chi connectivity index (χ4v) is 6.33. The standard InChI is InChI=1S/C14H20N5O13P3/c1-2-4-14(16)9(20)8(6-29-34(25,26)32-35(27,28)31-33(22,23)24)30-12(14)19-5-3-7-10(19)17-13(15)18-11(7)21/h3,5,8-9,12,20H,6,16H2,1H3,(H,25,26)(H,27,28)(H2,22,23,24)(H3,15,17,18,21)/t8-,9+,12-,14?/m1/s1. The number of phosphoric acid groups is 3. The number of ether oxygens (including phenoxy) is 1. The average Bonchev–Trinajstić information content (AvgIpc) is 3.17. The van der Waals surface area contributed by atoms with Gasteiger partial charge in [-0.3, -0.25) is 14.3 Å². The Balaban J connectivity index is 1.87. The maximum Gasteiger partial charge on any atom is 0.490 e. The number of nitrogens with zero attached hydrogens (tertiary/aromatic N) is 2. The molecule has 6 atom stereocenters. The number of hydrogen-bond acceptors (Lipinski definition) is 12. The van der Waals surface area contributed by atoms with Gasteiger partial charge in [-0.05, 0) is 13.0 Å². The van der Waals surface area contributed by atoms with Gasteiger partial charge < -0.3 is 45.5 Å². The van der Waals surface area contributed by atoms with E-state index in [9.17, 15) is 33.4 Å². The molecule has 18 nitrogen and oxygen atoms in total. The van der Waals surface area contributed by atoms with E-state index in [0.717, 1.165) is 0 Å². The highest BCUT2D eigenvalue weighted by atomic mass is 31.3. The minimum absolute atomic E-state index is 0.0183. The van der Waals surface area contributed by atoms with Crippen molar-refractivity contribution in [2.75, 3.05) is 12.3 Å². The van der Waals surface area contributed by atoms with Crippen LogP contribution in [0.5, 0.6) is 0 Å². The number of anilines is 1. The molecule has 0 spiro atoms. The molecule has 3 heterocycles. The number of nitrogen functional groups attached to an aromatic ring is 1. The van der Waals surface area contributed by atoms with Crippen molar-refractivity contribution in [2.24, 2.45) is 5.73 Å². The Kier molecular flexibility index (Phi) is 7.51. The van der Waals surface area contributed by atoms with E-state index in [1.807, 2.05) is 0 Å². The Labute approximate surface area is 195 Å². The van der Waals surface area contributed by atoms with Gasteiger partial charge in [0.2, 0.25) is 5.95 Å². The molecule has 10 N–H and O–H groups in total. The second kappa shape index (κ2) is 9.51. The monoisotopic (exact) mass is 559 g/mol. The van der Waals surface area contributed by atoms with E-state index >= 15 is 0 Å². The van der Waals surface area contributed by atoms with Crippen LogP contribution in [-0.4, -0.2) is 63.6 Å². The van der Waals surface area contributed by atoms with Crippen LogP contribution in [0, 0.1) is 11.8 Å². The Morgan fingerprint density at radius 3 is 2.51 bits per heavy atom. The molecule has 1 fully saturated rings. The number of nitrogens with one attached hydrogen (secondary N) is 1. The van der Waals surface area contributed by atoms with Crippen molar-refractivity contribution < 1.29 is 56.3 Å². The van der Waals surface area contributed by atoms with E-state index in [2.05, 4.69) is 35.0 Å². The highest BCUT2D eigenvalue weighted by molar-refractivity contribution is 7.66. The molecule has 0 aromatic carbocycles. The summed E-state index contributed by atoms with van der Waals surface area (Å²) in [6.07, 6.45) is -3.20. The molecule has 0 bridgehead atoms. The summed E-state index contributed by atoms with van der Waals surface area (Å²) in [5.74, 6) is 4.86. The lowest BCUT2D eigenvalue weighted by molar-refractivity contribution is -0.0436. The molecule has 0 saturated carbocycles. The number of aliphatic hydroxyl groups is 1. The van der Waals surface area contributed by atoms with Gasteiger partial charge in [-0.25, -0.2) is 13.7 Å². The normalized spacial score (nSPS) is 28.3. The van der Waals surface area contributed by atoms with Gasteiger partial charge >= 0.3 is 23.5 Å². The summed E-state index contributed by atoms with van der Waals surface area (Å²) in [7, 11) is -16.8. The van der Waals surface area contributed by atoms with Crippen molar-refractivity contribution in [3.63, 3.8) is 0 Å². The number of aromatic amines is 1. The molecule has 0 amide bonds. The molecular formula is C14H20N5O13P3. The Morgan fingerprint density at radius 2 is 1.91 bits per heavy atom. The van der Waals surface area contributed by atoms with Gasteiger partial charge in [-0.1, -0.05) is 5.92 Å². The van der Waals surface area contributed by atoms with Crippen molar-refractivity contribution >= 4 is 40.4 Å². The van der Waals surface area contributed by atoms with Crippen molar-refractivity contribution in [2.45, 2.75) is 30.9 Å². The van der Waals surface area contributed by atoms with Gasteiger partial charge in [0.25, 0.3) is 5.56 Å². The first-order valence-corrected chi connectivity index (χ1v) is 13.7. The predicted molar refractivity (Wildman–Crippen MR) is 115 cm³/mol. The topological polar surface area (TPSA) is 292 Å². The zero-order chi connectivity index (χ0) is 26.4. The first-order chi connectivity index (χ1) is 16.0. The molecule has 1 aliphatic rings. The number of rotatable bonds is 8. The zero-order valence-corrected chi connectivity index (χ0v) is 20.2. The highest BCUT2D eigenvalue weighted by Crippen LogP contribution is 2.66. The number of aliphatic hydroxyl groups excluding tert-OH is 1. The molecule has 0 radical (unpaired) electrons. The first-order valence-electron chi connectivity index (χ1n) is 9.19. The SMILES string of the molecule is CC#CC1(N)[C@@H](O)[C@@H](COP(=O)(O)OP(=O)(O)OP(=O)(O)O)O[C@H]1n1ccc2c(=O)[nH]c(N)nc21. The van der Waals surface area contributed by atoms with Crippen molar-refractivity contribution in [1.82, 2.24) is 14.5 Å². The Morgan fingerprint density at radius 1 is 1.26 bits per heavy atom. The van der Waals surface area contributed by atoms with Gasteiger partial charge in [-0.15, -0.1) is 5.92 Å². The van der Waals surface area contributed by atoms with Crippen LogP contribution in [-0.2, 0) is 31.6 Å². The largest absolute Gasteiger partial charge is 0.490 e. The van der Waals surface area contributed by atoms with Gasteiger partial charge in [0.05, 0.1) is 12.0 Å². The first kappa shape index (κ1) is 27.7. The summed E-state index contributed by atoms with van der Waals surface area (Å²) in [6.45, 7) is 0.424. The second-order valence-electron chi connectivity index (χ2n) is 7.08. The van der Waals surface area contributed by atoms with Gasteiger partial charge in [0.1, 0.15) is 12.2 Å². The van der Waals surface area contributed by atoms with Gasteiger partial charge in [0.15, 0.2) is 17.4 Å². The van der Waals surface area contributed by atoms with Crippen LogP contribution < -0.4 is 17.0 Å². The Bertz CT molecular complexity index is 1390. The van der Waals surface area contributed by atoms with Crippen LogP contribution in [0.25, 0.3) is 11.0 Å². The highest BCUT2D eigenvalue weighted by Gasteiger charge is 2.55. The summed E-state index contributed by atoms with van der Waals surface area (Å²) >= 11 is 0. The van der Waals surface area contributed by atoms with E-state index in [1.165, 1.54) is 23.8 Å². The summed E-state index contributed by atoms with van der Waals surface area (Å²) < 4.78 is 52.9. The molecule has 194 valence electrons. The minimum Gasteiger partial charge on any atom is -0.387 e. The maximum atomic E-state index is 12.1.